The second-order valence-corrected chi connectivity index (χ2v) is 6.87. The summed E-state index contributed by atoms with van der Waals surface area (Å²) in [6.45, 7) is 5.52. The molecule has 0 aliphatic carbocycles. The number of rotatable bonds is 3. The summed E-state index contributed by atoms with van der Waals surface area (Å²) in [6, 6.07) is 3.47. The molecule has 5 nitrogen and oxygen atoms in total. The Morgan fingerprint density at radius 1 is 1.39 bits per heavy atom. The molecule has 1 unspecified atom stereocenters. The lowest BCUT2D eigenvalue weighted by Crippen LogP contribution is -2.57. The molecule has 0 aromatic heterocycles. The lowest BCUT2D eigenvalue weighted by Gasteiger charge is -2.30. The summed E-state index contributed by atoms with van der Waals surface area (Å²) in [5.41, 5.74) is -2.03. The van der Waals surface area contributed by atoms with Crippen molar-refractivity contribution in [2.24, 2.45) is 0 Å². The van der Waals surface area contributed by atoms with Gasteiger partial charge in [0.15, 0.2) is 5.54 Å². The molecule has 126 valence electrons. The smallest absolute Gasteiger partial charge is 0.334 e. The molecule has 1 atom stereocenters. The molecule has 1 aromatic rings. The number of ether oxygens (including phenoxy) is 2. The molecular weight excluding hydrogens is 325 g/mol. The van der Waals surface area contributed by atoms with Crippen LogP contribution in [-0.2, 0) is 14.3 Å². The fourth-order valence-corrected chi connectivity index (χ4v) is 2.41. The van der Waals surface area contributed by atoms with Gasteiger partial charge in [-0.05, 0) is 39.0 Å². The Morgan fingerprint density at radius 3 is 2.65 bits per heavy atom. The zero-order valence-corrected chi connectivity index (χ0v) is 14.0. The zero-order chi connectivity index (χ0) is 17.3. The number of carbonyl (C=O) groups is 2. The predicted molar refractivity (Wildman–Crippen MR) is 82.9 cm³/mol. The van der Waals surface area contributed by atoms with E-state index in [9.17, 15) is 14.0 Å². The van der Waals surface area contributed by atoms with Crippen molar-refractivity contribution in [2.75, 3.05) is 13.2 Å². The van der Waals surface area contributed by atoms with Gasteiger partial charge in [-0.3, -0.25) is 4.79 Å². The average Bonchev–Trinajstić information content (AvgIpc) is 2.89. The molecule has 1 aliphatic rings. The van der Waals surface area contributed by atoms with Gasteiger partial charge in [-0.2, -0.15) is 0 Å². The van der Waals surface area contributed by atoms with Gasteiger partial charge in [-0.1, -0.05) is 11.6 Å². The predicted octanol–water partition coefficient (Wildman–Crippen LogP) is 2.71. The van der Waals surface area contributed by atoms with Crippen LogP contribution in [0.2, 0.25) is 5.02 Å². The number of benzene rings is 1. The molecule has 0 bridgehead atoms. The van der Waals surface area contributed by atoms with Crippen LogP contribution in [0, 0.1) is 5.82 Å². The Kier molecular flexibility index (Phi) is 4.96. The quantitative estimate of drug-likeness (QED) is 0.857. The average molecular weight is 344 g/mol. The molecule has 0 radical (unpaired) electrons. The Labute approximate surface area is 139 Å². The second-order valence-electron chi connectivity index (χ2n) is 6.46. The van der Waals surface area contributed by atoms with E-state index in [1.54, 1.807) is 20.8 Å². The van der Waals surface area contributed by atoms with Crippen LogP contribution in [-0.4, -0.2) is 36.2 Å². The molecule has 0 spiro atoms. The first-order chi connectivity index (χ1) is 10.6. The van der Waals surface area contributed by atoms with Gasteiger partial charge in [-0.15, -0.1) is 0 Å². The summed E-state index contributed by atoms with van der Waals surface area (Å²) in [4.78, 5) is 24.9. The normalized spacial score (nSPS) is 21.1. The summed E-state index contributed by atoms with van der Waals surface area (Å²) in [6.07, 6.45) is 0.278. The monoisotopic (exact) mass is 343 g/mol. The summed E-state index contributed by atoms with van der Waals surface area (Å²) in [5, 5.41) is 2.71. The molecular formula is C16H19ClFNO4. The van der Waals surface area contributed by atoms with Crippen molar-refractivity contribution in [3.05, 3.63) is 34.6 Å². The fraction of sp³-hybridized carbons (Fsp3) is 0.500. The van der Waals surface area contributed by atoms with Gasteiger partial charge >= 0.3 is 5.97 Å². The maximum Gasteiger partial charge on any atom is 0.334 e. The van der Waals surface area contributed by atoms with E-state index in [1.165, 1.54) is 6.07 Å². The van der Waals surface area contributed by atoms with E-state index in [2.05, 4.69) is 5.32 Å². The van der Waals surface area contributed by atoms with Crippen LogP contribution in [0.4, 0.5) is 4.39 Å². The number of nitrogens with one attached hydrogen (secondary N) is 1. The van der Waals surface area contributed by atoms with Crippen LogP contribution in [0.3, 0.4) is 0 Å². The minimum Gasteiger partial charge on any atom is -0.458 e. The highest BCUT2D eigenvalue weighted by Gasteiger charge is 2.46. The molecule has 23 heavy (non-hydrogen) atoms. The topological polar surface area (TPSA) is 64.6 Å². The number of carbonyl (C=O) groups excluding carboxylic acids is 2. The zero-order valence-electron chi connectivity index (χ0n) is 13.2. The fourth-order valence-electron chi connectivity index (χ4n) is 2.21. The van der Waals surface area contributed by atoms with E-state index in [0.717, 1.165) is 12.1 Å². The van der Waals surface area contributed by atoms with E-state index in [4.69, 9.17) is 21.1 Å². The summed E-state index contributed by atoms with van der Waals surface area (Å²) in [7, 11) is 0. The van der Waals surface area contributed by atoms with Crippen LogP contribution < -0.4 is 5.32 Å². The first-order valence-electron chi connectivity index (χ1n) is 7.22. The minimum absolute atomic E-state index is 0.000583. The minimum atomic E-state index is -1.29. The first-order valence-corrected chi connectivity index (χ1v) is 7.59. The number of hydrogen-bond donors (Lipinski definition) is 1. The van der Waals surface area contributed by atoms with Crippen LogP contribution in [0.15, 0.2) is 18.2 Å². The molecule has 0 saturated carbocycles. The van der Waals surface area contributed by atoms with Crippen molar-refractivity contribution < 1.29 is 23.5 Å². The third-order valence-electron chi connectivity index (χ3n) is 3.34. The van der Waals surface area contributed by atoms with Crippen molar-refractivity contribution in [2.45, 2.75) is 38.3 Å². The lowest BCUT2D eigenvalue weighted by atomic mass is 9.97. The van der Waals surface area contributed by atoms with Gasteiger partial charge in [0.2, 0.25) is 0 Å². The standard InChI is InChI=1S/C16H19ClFNO4/c1-15(2,3)23-14(21)16(6-7-22-9-16)19-13(20)11-8-10(18)4-5-12(11)17/h4-5,8H,6-7,9H2,1-3H3,(H,19,20). The van der Waals surface area contributed by atoms with E-state index in [-0.39, 0.29) is 23.6 Å². The summed E-state index contributed by atoms with van der Waals surface area (Å²) in [5.74, 6) is -1.82. The SMILES string of the molecule is CC(C)(C)OC(=O)C1(NC(=O)c2cc(F)ccc2Cl)CCOC1. The molecule has 1 aromatic carbocycles. The molecule has 1 N–H and O–H groups in total. The first kappa shape index (κ1) is 17.7. The van der Waals surface area contributed by atoms with Crippen molar-refractivity contribution in [1.82, 2.24) is 5.32 Å². The second kappa shape index (κ2) is 6.45. The van der Waals surface area contributed by atoms with Crippen molar-refractivity contribution in [3.63, 3.8) is 0 Å². The van der Waals surface area contributed by atoms with E-state index in [0.29, 0.717) is 6.61 Å². The number of amides is 1. The Morgan fingerprint density at radius 2 is 2.09 bits per heavy atom. The third kappa shape index (κ3) is 4.20. The van der Waals surface area contributed by atoms with Crippen LogP contribution in [0.25, 0.3) is 0 Å². The maximum atomic E-state index is 13.3. The van der Waals surface area contributed by atoms with Crippen LogP contribution >= 0.6 is 11.6 Å². The molecule has 1 aliphatic heterocycles. The molecule has 2 rings (SSSR count). The largest absolute Gasteiger partial charge is 0.458 e. The van der Waals surface area contributed by atoms with E-state index >= 15 is 0 Å². The summed E-state index contributed by atoms with van der Waals surface area (Å²) >= 11 is 5.93. The van der Waals surface area contributed by atoms with E-state index in [1.807, 2.05) is 0 Å². The number of hydrogen-bond acceptors (Lipinski definition) is 4. The summed E-state index contributed by atoms with van der Waals surface area (Å²) < 4.78 is 24.0. The van der Waals surface area contributed by atoms with Crippen LogP contribution in [0.5, 0.6) is 0 Å². The van der Waals surface area contributed by atoms with Gasteiger partial charge in [0.1, 0.15) is 11.4 Å². The molecule has 1 amide bonds. The van der Waals surface area contributed by atoms with Gasteiger partial charge in [0.05, 0.1) is 17.2 Å². The molecule has 1 heterocycles. The van der Waals surface area contributed by atoms with Gasteiger partial charge < -0.3 is 14.8 Å². The Balaban J connectivity index is 2.24. The van der Waals surface area contributed by atoms with Crippen molar-refractivity contribution in [1.29, 1.82) is 0 Å². The van der Waals surface area contributed by atoms with Crippen LogP contribution in [0.1, 0.15) is 37.6 Å². The van der Waals surface area contributed by atoms with Gasteiger partial charge in [0.25, 0.3) is 5.91 Å². The Hall–Kier alpha value is -1.66. The number of halogens is 2. The lowest BCUT2D eigenvalue weighted by molar-refractivity contribution is -0.162. The Bertz CT molecular complexity index is 621. The van der Waals surface area contributed by atoms with Crippen molar-refractivity contribution in [3.8, 4) is 0 Å². The van der Waals surface area contributed by atoms with Gasteiger partial charge in [-0.25, -0.2) is 9.18 Å². The highest BCUT2D eigenvalue weighted by Crippen LogP contribution is 2.25. The van der Waals surface area contributed by atoms with E-state index < -0.39 is 28.8 Å². The highest BCUT2D eigenvalue weighted by atomic mass is 35.5. The maximum absolute atomic E-state index is 13.3. The van der Waals surface area contributed by atoms with Gasteiger partial charge in [0, 0.05) is 13.0 Å². The van der Waals surface area contributed by atoms with Crippen molar-refractivity contribution >= 4 is 23.5 Å². The molecule has 7 heteroatoms. The highest BCUT2D eigenvalue weighted by molar-refractivity contribution is 6.33. The third-order valence-corrected chi connectivity index (χ3v) is 3.67. The number of esters is 1. The molecule has 1 saturated heterocycles. The molecule has 1 fully saturated rings.